The Bertz CT molecular complexity index is 987. The van der Waals surface area contributed by atoms with Crippen molar-refractivity contribution in [1.29, 1.82) is 0 Å². The normalized spacial score (nSPS) is 23.5. The molecule has 2 aliphatic rings. The topological polar surface area (TPSA) is 18.5 Å². The molecule has 184 valence electrons. The summed E-state index contributed by atoms with van der Waals surface area (Å²) >= 11 is 0. The van der Waals surface area contributed by atoms with Gasteiger partial charge in [-0.15, -0.1) is 0 Å². The fourth-order valence-electron chi connectivity index (χ4n) is 5.13. The van der Waals surface area contributed by atoms with Crippen molar-refractivity contribution in [2.24, 2.45) is 11.8 Å². The summed E-state index contributed by atoms with van der Waals surface area (Å²) in [6.45, 7) is 2.67. The van der Waals surface area contributed by atoms with Crippen molar-refractivity contribution in [1.82, 2.24) is 0 Å². The second-order valence-corrected chi connectivity index (χ2v) is 9.11. The summed E-state index contributed by atoms with van der Waals surface area (Å²) in [6, 6.07) is 6.10. The van der Waals surface area contributed by atoms with Crippen molar-refractivity contribution >= 4 is 0 Å². The number of alkyl halides is 2. The molecule has 1 saturated carbocycles. The van der Waals surface area contributed by atoms with E-state index in [0.717, 1.165) is 43.5 Å². The van der Waals surface area contributed by atoms with E-state index < -0.39 is 40.8 Å². The molecule has 1 fully saturated rings. The zero-order valence-corrected chi connectivity index (χ0v) is 19.1. The Balaban J connectivity index is 1.38. The molecule has 2 nitrogen and oxygen atoms in total. The van der Waals surface area contributed by atoms with E-state index in [1.165, 1.54) is 17.7 Å². The Morgan fingerprint density at radius 1 is 0.912 bits per heavy atom. The van der Waals surface area contributed by atoms with Crippen LogP contribution in [0.25, 0.3) is 11.1 Å². The zero-order valence-electron chi connectivity index (χ0n) is 19.1. The molecule has 1 unspecified atom stereocenters. The second kappa shape index (κ2) is 10.5. The number of rotatable bonds is 7. The van der Waals surface area contributed by atoms with Crippen LogP contribution < -0.4 is 4.74 Å². The van der Waals surface area contributed by atoms with Gasteiger partial charge >= 0.3 is 6.11 Å². The van der Waals surface area contributed by atoms with Crippen LogP contribution in [0.5, 0.6) is 5.75 Å². The Kier molecular flexibility index (Phi) is 7.60. The van der Waals surface area contributed by atoms with E-state index in [9.17, 15) is 22.0 Å². The maximum atomic E-state index is 14.9. The molecule has 2 aliphatic carbocycles. The van der Waals surface area contributed by atoms with Gasteiger partial charge in [-0.05, 0) is 75.5 Å². The molecule has 2 aromatic carbocycles. The molecule has 0 N–H and O–H groups in total. The van der Waals surface area contributed by atoms with Crippen LogP contribution in [0.2, 0.25) is 0 Å². The summed E-state index contributed by atoms with van der Waals surface area (Å²) in [5.74, 6) is -3.93. The first-order chi connectivity index (χ1) is 16.3. The average molecular weight is 481 g/mol. The van der Waals surface area contributed by atoms with Crippen LogP contribution in [0, 0.1) is 29.3 Å². The van der Waals surface area contributed by atoms with Gasteiger partial charge in [-0.25, -0.2) is 13.2 Å². The third-order valence-electron chi connectivity index (χ3n) is 6.93. The van der Waals surface area contributed by atoms with Crippen molar-refractivity contribution in [3.8, 4) is 16.9 Å². The Hall–Kier alpha value is -2.41. The van der Waals surface area contributed by atoms with Gasteiger partial charge in [-0.2, -0.15) is 8.78 Å². The fraction of sp³-hybridized carbons (Fsp3) is 0.481. The monoisotopic (exact) mass is 480 g/mol. The molecule has 0 aromatic heterocycles. The number of halogens is 5. The minimum absolute atomic E-state index is 0.109. The highest BCUT2D eigenvalue weighted by Crippen LogP contribution is 2.44. The smallest absolute Gasteiger partial charge is 0.400 e. The summed E-state index contributed by atoms with van der Waals surface area (Å²) in [5, 5.41) is 0. The van der Waals surface area contributed by atoms with Gasteiger partial charge < -0.3 is 9.47 Å². The predicted molar refractivity (Wildman–Crippen MR) is 120 cm³/mol. The standard InChI is InChI=1S/C27H29F5O2/c1-2-33-22-13-7-18(8-14-22)17-3-9-20(10-4-17)27(31,32)34-23-15-24(29)26(25(30)16-23)19-5-11-21(28)12-6-19/h5-7,11-12,15-17,20,22H,2-4,8-10,13-14H2,1H3. The highest BCUT2D eigenvalue weighted by Gasteiger charge is 2.44. The van der Waals surface area contributed by atoms with Crippen molar-refractivity contribution in [2.45, 2.75) is 64.1 Å². The van der Waals surface area contributed by atoms with E-state index in [4.69, 9.17) is 9.47 Å². The maximum Gasteiger partial charge on any atom is 0.400 e. The highest BCUT2D eigenvalue weighted by molar-refractivity contribution is 5.65. The summed E-state index contributed by atoms with van der Waals surface area (Å²) < 4.78 is 82.5. The van der Waals surface area contributed by atoms with Gasteiger partial charge in [0.1, 0.15) is 23.2 Å². The van der Waals surface area contributed by atoms with Gasteiger partial charge in [-0.3, -0.25) is 0 Å². The Morgan fingerprint density at radius 2 is 1.56 bits per heavy atom. The molecule has 0 radical (unpaired) electrons. The molecule has 4 rings (SSSR count). The lowest BCUT2D eigenvalue weighted by Crippen LogP contribution is -2.37. The first-order valence-electron chi connectivity index (χ1n) is 11.9. The molecule has 0 heterocycles. The lowest BCUT2D eigenvalue weighted by Gasteiger charge is -2.35. The molecule has 7 heteroatoms. The van der Waals surface area contributed by atoms with E-state index in [2.05, 4.69) is 6.08 Å². The van der Waals surface area contributed by atoms with E-state index in [1.54, 1.807) is 0 Å². The predicted octanol–water partition coefficient (Wildman–Crippen LogP) is 8.06. The van der Waals surface area contributed by atoms with Gasteiger partial charge in [0.25, 0.3) is 0 Å². The van der Waals surface area contributed by atoms with Gasteiger partial charge in [-0.1, -0.05) is 23.8 Å². The van der Waals surface area contributed by atoms with Crippen LogP contribution in [-0.4, -0.2) is 18.8 Å². The molecule has 0 amide bonds. The lowest BCUT2D eigenvalue weighted by molar-refractivity contribution is -0.223. The molecular formula is C27H29F5O2. The van der Waals surface area contributed by atoms with Gasteiger partial charge in [0.2, 0.25) is 0 Å². The first kappa shape index (κ1) is 24.7. The van der Waals surface area contributed by atoms with Gasteiger partial charge in [0.15, 0.2) is 0 Å². The van der Waals surface area contributed by atoms with Crippen LogP contribution in [0.1, 0.15) is 51.9 Å². The summed E-state index contributed by atoms with van der Waals surface area (Å²) in [6.07, 6.45) is 3.52. The zero-order chi connectivity index (χ0) is 24.3. The number of hydrogen-bond donors (Lipinski definition) is 0. The molecule has 2 aromatic rings. The van der Waals surface area contributed by atoms with Crippen LogP contribution >= 0.6 is 0 Å². The third kappa shape index (κ3) is 5.62. The second-order valence-electron chi connectivity index (χ2n) is 9.11. The Labute approximate surface area is 196 Å². The number of allylic oxidation sites excluding steroid dienone is 1. The van der Waals surface area contributed by atoms with Crippen LogP contribution in [0.4, 0.5) is 22.0 Å². The van der Waals surface area contributed by atoms with Gasteiger partial charge in [0, 0.05) is 18.7 Å². The van der Waals surface area contributed by atoms with Crippen LogP contribution in [0.3, 0.4) is 0 Å². The summed E-state index contributed by atoms with van der Waals surface area (Å²) in [7, 11) is 0. The molecule has 0 spiro atoms. The minimum atomic E-state index is -3.54. The number of hydrogen-bond acceptors (Lipinski definition) is 2. The van der Waals surface area contributed by atoms with E-state index in [1.807, 2.05) is 6.92 Å². The fourth-order valence-corrected chi connectivity index (χ4v) is 5.13. The average Bonchev–Trinajstić information content (AvgIpc) is 2.80. The quantitative estimate of drug-likeness (QED) is 0.295. The number of benzene rings is 2. The summed E-state index contributed by atoms with van der Waals surface area (Å²) in [4.78, 5) is 0. The van der Waals surface area contributed by atoms with E-state index in [0.29, 0.717) is 25.4 Å². The molecule has 0 bridgehead atoms. The largest absolute Gasteiger partial charge is 0.432 e. The highest BCUT2D eigenvalue weighted by atomic mass is 19.3. The SMILES string of the molecule is CCOC1CC=C(C2CCC(C(F)(F)Oc3cc(F)c(-c4ccc(F)cc4)c(F)c3)CC2)CC1. The molecule has 0 aliphatic heterocycles. The third-order valence-corrected chi connectivity index (χ3v) is 6.93. The number of ether oxygens (including phenoxy) is 2. The molecule has 0 saturated heterocycles. The molecule has 34 heavy (non-hydrogen) atoms. The molecular weight excluding hydrogens is 451 g/mol. The maximum absolute atomic E-state index is 14.9. The summed E-state index contributed by atoms with van der Waals surface area (Å²) in [5.41, 5.74) is 1.03. The van der Waals surface area contributed by atoms with Crippen molar-refractivity contribution in [3.63, 3.8) is 0 Å². The Morgan fingerprint density at radius 3 is 2.12 bits per heavy atom. The minimum Gasteiger partial charge on any atom is -0.432 e. The lowest BCUT2D eigenvalue weighted by atomic mass is 9.75. The van der Waals surface area contributed by atoms with Crippen LogP contribution in [0.15, 0.2) is 48.0 Å². The van der Waals surface area contributed by atoms with E-state index >= 15 is 0 Å². The molecule has 1 atom stereocenters. The van der Waals surface area contributed by atoms with Gasteiger partial charge in [0.05, 0.1) is 17.6 Å². The van der Waals surface area contributed by atoms with Crippen molar-refractivity contribution < 1.29 is 31.4 Å². The first-order valence-corrected chi connectivity index (χ1v) is 11.9. The van der Waals surface area contributed by atoms with Crippen molar-refractivity contribution in [3.05, 3.63) is 65.5 Å². The van der Waals surface area contributed by atoms with Crippen LogP contribution in [-0.2, 0) is 4.74 Å². The van der Waals surface area contributed by atoms with E-state index in [-0.39, 0.29) is 24.5 Å². The van der Waals surface area contributed by atoms with Crippen molar-refractivity contribution in [2.75, 3.05) is 6.61 Å².